The molecule has 2 rings (SSSR count). The molecule has 1 saturated carbocycles. The van der Waals surface area contributed by atoms with Gasteiger partial charge in [0.1, 0.15) is 11.5 Å². The van der Waals surface area contributed by atoms with Crippen LogP contribution in [0.25, 0.3) is 0 Å². The smallest absolute Gasteiger partial charge is 0.120 e. The number of benzene rings is 1. The average molecular weight is 279 g/mol. The molecule has 1 fully saturated rings. The molecule has 4 nitrogen and oxygen atoms in total. The van der Waals surface area contributed by atoms with Crippen LogP contribution in [0, 0.1) is 5.41 Å². The molecule has 0 heterocycles. The zero-order chi connectivity index (χ0) is 14.9. The van der Waals surface area contributed by atoms with Crippen molar-refractivity contribution < 1.29 is 14.9 Å². The number of phenols is 2. The highest BCUT2D eigenvalue weighted by Gasteiger charge is 2.49. The van der Waals surface area contributed by atoms with Crippen molar-refractivity contribution in [2.75, 3.05) is 6.61 Å². The molecule has 0 aliphatic heterocycles. The van der Waals surface area contributed by atoms with E-state index in [1.807, 2.05) is 13.8 Å². The second kappa shape index (κ2) is 5.62. The van der Waals surface area contributed by atoms with Gasteiger partial charge < -0.3 is 20.3 Å². The van der Waals surface area contributed by atoms with Crippen LogP contribution in [0.1, 0.15) is 45.7 Å². The number of nitrogens with one attached hydrogen (secondary N) is 1. The van der Waals surface area contributed by atoms with E-state index in [2.05, 4.69) is 19.2 Å². The molecular weight excluding hydrogens is 254 g/mol. The van der Waals surface area contributed by atoms with E-state index in [0.29, 0.717) is 6.04 Å². The molecule has 3 unspecified atom stereocenters. The summed E-state index contributed by atoms with van der Waals surface area (Å²) in [4.78, 5) is 0. The topological polar surface area (TPSA) is 61.7 Å². The lowest BCUT2D eigenvalue weighted by Crippen LogP contribution is -2.61. The fourth-order valence-electron chi connectivity index (χ4n) is 2.93. The van der Waals surface area contributed by atoms with Gasteiger partial charge in [-0.3, -0.25) is 0 Å². The predicted molar refractivity (Wildman–Crippen MR) is 78.9 cm³/mol. The minimum Gasteiger partial charge on any atom is -0.508 e. The number of phenolic OH excluding ortho intramolecular Hbond substituents is 2. The Morgan fingerprint density at radius 3 is 2.70 bits per heavy atom. The van der Waals surface area contributed by atoms with Crippen LogP contribution in [-0.4, -0.2) is 29.0 Å². The molecule has 0 aromatic heterocycles. The Hall–Kier alpha value is -1.26. The first kappa shape index (κ1) is 15.1. The zero-order valence-corrected chi connectivity index (χ0v) is 12.7. The first-order valence-electron chi connectivity index (χ1n) is 7.25. The molecule has 1 aliphatic rings. The summed E-state index contributed by atoms with van der Waals surface area (Å²) in [6.45, 7) is 9.15. The van der Waals surface area contributed by atoms with Crippen molar-refractivity contribution in [3.8, 4) is 11.5 Å². The van der Waals surface area contributed by atoms with Gasteiger partial charge in [0.2, 0.25) is 0 Å². The maximum absolute atomic E-state index is 9.90. The van der Waals surface area contributed by atoms with Crippen LogP contribution in [-0.2, 0) is 4.74 Å². The van der Waals surface area contributed by atoms with Gasteiger partial charge in [0.15, 0.2) is 0 Å². The monoisotopic (exact) mass is 279 g/mol. The largest absolute Gasteiger partial charge is 0.508 e. The fourth-order valence-corrected chi connectivity index (χ4v) is 2.93. The third kappa shape index (κ3) is 2.76. The standard InChI is InChI=1S/C16H25NO3/c1-5-20-15-9-14(16(15,3)4)17-10(2)12-8-11(18)6-7-13(12)19/h6-8,10,14-15,17-19H,5,9H2,1-4H3. The molecule has 0 saturated heterocycles. The predicted octanol–water partition coefficient (Wildman–Crippen LogP) is 2.95. The van der Waals surface area contributed by atoms with Crippen molar-refractivity contribution in [3.63, 3.8) is 0 Å². The highest BCUT2D eigenvalue weighted by Crippen LogP contribution is 2.44. The van der Waals surface area contributed by atoms with E-state index in [-0.39, 0.29) is 29.1 Å². The minimum atomic E-state index is -0.0195. The van der Waals surface area contributed by atoms with Gasteiger partial charge in [-0.2, -0.15) is 0 Å². The van der Waals surface area contributed by atoms with Crippen molar-refractivity contribution in [1.29, 1.82) is 0 Å². The molecule has 4 heteroatoms. The van der Waals surface area contributed by atoms with Gasteiger partial charge in [0.05, 0.1) is 6.10 Å². The van der Waals surface area contributed by atoms with Crippen LogP contribution in [0.5, 0.6) is 11.5 Å². The van der Waals surface area contributed by atoms with Crippen molar-refractivity contribution in [3.05, 3.63) is 23.8 Å². The lowest BCUT2D eigenvalue weighted by atomic mass is 9.64. The van der Waals surface area contributed by atoms with Crippen LogP contribution in [0.15, 0.2) is 18.2 Å². The van der Waals surface area contributed by atoms with Gasteiger partial charge in [-0.05, 0) is 38.5 Å². The second-order valence-electron chi connectivity index (χ2n) is 6.19. The number of hydrogen-bond acceptors (Lipinski definition) is 4. The number of hydrogen-bond donors (Lipinski definition) is 3. The Morgan fingerprint density at radius 2 is 2.10 bits per heavy atom. The normalized spacial score (nSPS) is 26.0. The summed E-state index contributed by atoms with van der Waals surface area (Å²) in [7, 11) is 0. The Bertz CT molecular complexity index is 473. The molecule has 0 amide bonds. The fraction of sp³-hybridized carbons (Fsp3) is 0.625. The van der Waals surface area contributed by atoms with Crippen LogP contribution >= 0.6 is 0 Å². The SMILES string of the molecule is CCOC1CC(NC(C)c2cc(O)ccc2O)C1(C)C. The second-order valence-corrected chi connectivity index (χ2v) is 6.19. The van der Waals surface area contributed by atoms with E-state index < -0.39 is 0 Å². The van der Waals surface area contributed by atoms with E-state index in [4.69, 9.17) is 4.74 Å². The van der Waals surface area contributed by atoms with E-state index >= 15 is 0 Å². The zero-order valence-electron chi connectivity index (χ0n) is 12.7. The number of rotatable bonds is 5. The van der Waals surface area contributed by atoms with E-state index in [1.54, 1.807) is 6.07 Å². The van der Waals surface area contributed by atoms with Crippen molar-refractivity contribution in [2.24, 2.45) is 5.41 Å². The Labute approximate surface area is 120 Å². The summed E-state index contributed by atoms with van der Waals surface area (Å²) in [5.41, 5.74) is 0.803. The summed E-state index contributed by atoms with van der Waals surface area (Å²) >= 11 is 0. The van der Waals surface area contributed by atoms with Gasteiger partial charge in [0.25, 0.3) is 0 Å². The van der Waals surface area contributed by atoms with Gasteiger partial charge in [0, 0.05) is 29.7 Å². The van der Waals surface area contributed by atoms with Crippen molar-refractivity contribution in [2.45, 2.75) is 52.3 Å². The third-order valence-corrected chi connectivity index (χ3v) is 4.47. The lowest BCUT2D eigenvalue weighted by molar-refractivity contribution is -0.116. The summed E-state index contributed by atoms with van der Waals surface area (Å²) < 4.78 is 5.72. The van der Waals surface area contributed by atoms with E-state index in [0.717, 1.165) is 18.6 Å². The van der Waals surface area contributed by atoms with Gasteiger partial charge in [-0.1, -0.05) is 13.8 Å². The van der Waals surface area contributed by atoms with Gasteiger partial charge >= 0.3 is 0 Å². The Kier molecular flexibility index (Phi) is 4.25. The first-order chi connectivity index (χ1) is 9.36. The minimum absolute atomic E-state index is 0.0195. The Balaban J connectivity index is 2.02. The molecular formula is C16H25NO3. The third-order valence-electron chi connectivity index (χ3n) is 4.47. The molecule has 1 aromatic carbocycles. The quantitative estimate of drug-likeness (QED) is 0.725. The molecule has 1 aliphatic carbocycles. The molecule has 1 aromatic rings. The van der Waals surface area contributed by atoms with Crippen LogP contribution in [0.4, 0.5) is 0 Å². The molecule has 0 spiro atoms. The van der Waals surface area contributed by atoms with Crippen LogP contribution in [0.2, 0.25) is 0 Å². The van der Waals surface area contributed by atoms with E-state index in [1.165, 1.54) is 12.1 Å². The summed E-state index contributed by atoms with van der Waals surface area (Å²) in [6.07, 6.45) is 1.26. The van der Waals surface area contributed by atoms with E-state index in [9.17, 15) is 10.2 Å². The molecule has 0 bridgehead atoms. The van der Waals surface area contributed by atoms with Gasteiger partial charge in [-0.25, -0.2) is 0 Å². The maximum Gasteiger partial charge on any atom is 0.120 e. The summed E-state index contributed by atoms with van der Waals surface area (Å²) in [5.74, 6) is 0.382. The first-order valence-corrected chi connectivity index (χ1v) is 7.25. The lowest BCUT2D eigenvalue weighted by Gasteiger charge is -2.52. The maximum atomic E-state index is 9.90. The number of aromatic hydroxyl groups is 2. The molecule has 112 valence electrons. The number of ether oxygens (including phenoxy) is 1. The molecule has 3 atom stereocenters. The van der Waals surface area contributed by atoms with Crippen LogP contribution < -0.4 is 5.32 Å². The Morgan fingerprint density at radius 1 is 1.40 bits per heavy atom. The summed E-state index contributed by atoms with van der Waals surface area (Å²) in [5, 5.41) is 23.0. The van der Waals surface area contributed by atoms with Crippen molar-refractivity contribution in [1.82, 2.24) is 5.32 Å². The highest BCUT2D eigenvalue weighted by atomic mass is 16.5. The molecule has 0 radical (unpaired) electrons. The van der Waals surface area contributed by atoms with Crippen LogP contribution in [0.3, 0.4) is 0 Å². The summed E-state index contributed by atoms with van der Waals surface area (Å²) in [6, 6.07) is 4.95. The highest BCUT2D eigenvalue weighted by molar-refractivity contribution is 5.40. The molecule has 3 N–H and O–H groups in total. The molecule has 20 heavy (non-hydrogen) atoms. The van der Waals surface area contributed by atoms with Gasteiger partial charge in [-0.15, -0.1) is 0 Å². The average Bonchev–Trinajstić information content (AvgIpc) is 2.40. The van der Waals surface area contributed by atoms with Crippen molar-refractivity contribution >= 4 is 0 Å².